The van der Waals surface area contributed by atoms with Crippen molar-refractivity contribution in [2.45, 2.75) is 37.1 Å². The Hall–Kier alpha value is -2.24. The van der Waals surface area contributed by atoms with Crippen molar-refractivity contribution in [3.8, 4) is 0 Å². The fraction of sp³-hybridized carbons (Fsp3) is 0.412. The van der Waals surface area contributed by atoms with Crippen LogP contribution < -0.4 is 11.3 Å². The first-order valence-electron chi connectivity index (χ1n) is 8.51. The maximum absolute atomic E-state index is 12.1. The van der Waals surface area contributed by atoms with E-state index in [-0.39, 0.29) is 18.1 Å². The lowest BCUT2D eigenvalue weighted by Crippen LogP contribution is -2.40. The molecule has 5 rings (SSSR count). The van der Waals surface area contributed by atoms with E-state index in [2.05, 4.69) is 10.1 Å². The van der Waals surface area contributed by atoms with E-state index in [1.165, 1.54) is 15.9 Å². The molecule has 0 amide bonds. The van der Waals surface area contributed by atoms with Crippen molar-refractivity contribution in [3.05, 3.63) is 50.6 Å². The molecule has 5 heterocycles. The Morgan fingerprint density at radius 2 is 2.26 bits per heavy atom. The third-order valence-electron chi connectivity index (χ3n) is 5.16. The molecule has 1 unspecified atom stereocenters. The summed E-state index contributed by atoms with van der Waals surface area (Å²) >= 11 is 1.54. The van der Waals surface area contributed by atoms with Crippen LogP contribution in [0.4, 0.5) is 5.95 Å². The first-order valence-corrected chi connectivity index (χ1v) is 9.39. The maximum atomic E-state index is 12.1. The SMILES string of the molecule is C[C@@]12OC(c3cccs3)O[C@@H]1[C@@H](CO)O[C@H]2c1ccc2c(=O)[nH]c(N)nn12. The minimum Gasteiger partial charge on any atom is -0.394 e. The molecule has 0 radical (unpaired) electrons. The maximum Gasteiger partial charge on any atom is 0.276 e. The molecule has 10 heteroatoms. The van der Waals surface area contributed by atoms with Gasteiger partial charge in [0.05, 0.1) is 17.2 Å². The molecule has 142 valence electrons. The Kier molecular flexibility index (Phi) is 3.68. The molecule has 0 aromatic carbocycles. The van der Waals surface area contributed by atoms with E-state index in [0.29, 0.717) is 11.2 Å². The predicted octanol–water partition coefficient (Wildman–Crippen LogP) is 0.971. The normalized spacial score (nSPS) is 33.0. The van der Waals surface area contributed by atoms with Crippen molar-refractivity contribution in [1.82, 2.24) is 14.6 Å². The summed E-state index contributed by atoms with van der Waals surface area (Å²) in [5.74, 6) is 0.00316. The van der Waals surface area contributed by atoms with E-state index >= 15 is 0 Å². The van der Waals surface area contributed by atoms with Gasteiger partial charge in [-0.25, -0.2) is 4.52 Å². The number of hydrogen-bond acceptors (Lipinski definition) is 8. The van der Waals surface area contributed by atoms with Crippen LogP contribution in [0.25, 0.3) is 5.52 Å². The van der Waals surface area contributed by atoms with Crippen LogP contribution in [0.3, 0.4) is 0 Å². The number of fused-ring (bicyclic) bond motifs is 2. The Bertz CT molecular complexity index is 1050. The molecule has 4 N–H and O–H groups in total. The van der Waals surface area contributed by atoms with Crippen LogP contribution >= 0.6 is 11.3 Å². The van der Waals surface area contributed by atoms with E-state index < -0.39 is 30.2 Å². The van der Waals surface area contributed by atoms with Gasteiger partial charge < -0.3 is 25.1 Å². The van der Waals surface area contributed by atoms with Crippen LogP contribution in [0.5, 0.6) is 0 Å². The monoisotopic (exact) mass is 390 g/mol. The van der Waals surface area contributed by atoms with E-state index in [1.807, 2.05) is 24.4 Å². The van der Waals surface area contributed by atoms with Crippen LogP contribution in [-0.4, -0.2) is 44.1 Å². The molecular weight excluding hydrogens is 372 g/mol. The molecule has 2 aliphatic rings. The number of nitrogen functional groups attached to an aromatic ring is 1. The number of aliphatic hydroxyl groups is 1. The minimum atomic E-state index is -0.866. The first-order chi connectivity index (χ1) is 13.0. The minimum absolute atomic E-state index is 0.00316. The lowest BCUT2D eigenvalue weighted by molar-refractivity contribution is -0.157. The lowest BCUT2D eigenvalue weighted by Gasteiger charge is -2.27. The topological polar surface area (TPSA) is 124 Å². The summed E-state index contributed by atoms with van der Waals surface area (Å²) in [6.07, 6.45) is -2.16. The van der Waals surface area contributed by atoms with Crippen LogP contribution in [0, 0.1) is 0 Å². The molecule has 2 saturated heterocycles. The molecule has 3 aromatic rings. The van der Waals surface area contributed by atoms with Crippen LogP contribution in [0.15, 0.2) is 34.4 Å². The van der Waals surface area contributed by atoms with Crippen LogP contribution in [0.2, 0.25) is 0 Å². The lowest BCUT2D eigenvalue weighted by atomic mass is 9.91. The number of nitrogens with one attached hydrogen (secondary N) is 1. The Labute approximate surface area is 157 Å². The molecule has 9 nitrogen and oxygen atoms in total. The average Bonchev–Trinajstić information content (AvgIpc) is 3.37. The highest BCUT2D eigenvalue weighted by molar-refractivity contribution is 7.10. The molecule has 2 aliphatic heterocycles. The number of hydrogen-bond donors (Lipinski definition) is 3. The summed E-state index contributed by atoms with van der Waals surface area (Å²) in [5, 5.41) is 16.0. The summed E-state index contributed by atoms with van der Waals surface area (Å²) < 4.78 is 19.9. The van der Waals surface area contributed by atoms with Gasteiger partial charge in [-0.05, 0) is 30.5 Å². The zero-order valence-electron chi connectivity index (χ0n) is 14.4. The second kappa shape index (κ2) is 5.88. The number of aromatic amines is 1. The zero-order valence-corrected chi connectivity index (χ0v) is 15.2. The zero-order chi connectivity index (χ0) is 18.8. The van der Waals surface area contributed by atoms with Gasteiger partial charge in [0.25, 0.3) is 5.56 Å². The van der Waals surface area contributed by atoms with E-state index in [9.17, 15) is 9.90 Å². The summed E-state index contributed by atoms with van der Waals surface area (Å²) in [6.45, 7) is 1.68. The van der Waals surface area contributed by atoms with Crippen LogP contribution in [-0.2, 0) is 14.2 Å². The number of ether oxygens (including phenoxy) is 3. The fourth-order valence-electron chi connectivity index (χ4n) is 3.93. The Morgan fingerprint density at radius 1 is 1.41 bits per heavy atom. The summed E-state index contributed by atoms with van der Waals surface area (Å²) in [5.41, 5.74) is 5.47. The number of anilines is 1. The number of rotatable bonds is 3. The second-order valence-electron chi connectivity index (χ2n) is 6.84. The number of H-pyrrole nitrogens is 1. The third-order valence-corrected chi connectivity index (χ3v) is 6.05. The Morgan fingerprint density at radius 3 is 3.00 bits per heavy atom. The summed E-state index contributed by atoms with van der Waals surface area (Å²) in [7, 11) is 0. The van der Waals surface area contributed by atoms with Crippen molar-refractivity contribution < 1.29 is 19.3 Å². The molecule has 2 fully saturated rings. The van der Waals surface area contributed by atoms with Crippen LogP contribution in [0.1, 0.15) is 29.9 Å². The van der Waals surface area contributed by atoms with Crippen molar-refractivity contribution >= 4 is 22.8 Å². The number of thiophene rings is 1. The number of nitrogens with zero attached hydrogens (tertiary/aromatic N) is 2. The van der Waals surface area contributed by atoms with Gasteiger partial charge in [0, 0.05) is 0 Å². The predicted molar refractivity (Wildman–Crippen MR) is 96.3 cm³/mol. The van der Waals surface area contributed by atoms with Gasteiger partial charge in [0.15, 0.2) is 6.29 Å². The summed E-state index contributed by atoms with van der Waals surface area (Å²) in [4.78, 5) is 15.5. The van der Waals surface area contributed by atoms with Crippen molar-refractivity contribution in [3.63, 3.8) is 0 Å². The number of aromatic nitrogens is 3. The van der Waals surface area contributed by atoms with Gasteiger partial charge in [0.1, 0.15) is 29.4 Å². The molecule has 0 saturated carbocycles. The number of aliphatic hydroxyl groups excluding tert-OH is 1. The fourth-order valence-corrected chi connectivity index (χ4v) is 4.62. The van der Waals surface area contributed by atoms with E-state index in [4.69, 9.17) is 19.9 Å². The largest absolute Gasteiger partial charge is 0.394 e. The van der Waals surface area contributed by atoms with E-state index in [1.54, 1.807) is 12.1 Å². The molecule has 0 aliphatic carbocycles. The summed E-state index contributed by atoms with van der Waals surface area (Å²) in [6, 6.07) is 7.28. The third kappa shape index (κ3) is 2.38. The highest BCUT2D eigenvalue weighted by Crippen LogP contribution is 2.53. The standard InChI is InChI=1S/C17H18N4O5S/c1-17-12(8-4-5-9-14(23)19-16(18)20-21(8)9)24-10(7-22)13(17)25-15(26-17)11-3-2-6-27-11/h2-6,10,12-13,15,22H,7H2,1H3,(H3,18,19,20,23)/t10-,12+,13-,15?,17+/m1/s1. The number of nitrogens with two attached hydrogens (primary N) is 1. The van der Waals surface area contributed by atoms with Gasteiger partial charge >= 0.3 is 0 Å². The second-order valence-corrected chi connectivity index (χ2v) is 7.82. The van der Waals surface area contributed by atoms with Crippen molar-refractivity contribution in [1.29, 1.82) is 0 Å². The van der Waals surface area contributed by atoms with Crippen molar-refractivity contribution in [2.24, 2.45) is 0 Å². The molecule has 27 heavy (non-hydrogen) atoms. The van der Waals surface area contributed by atoms with Gasteiger partial charge in [-0.2, -0.15) is 0 Å². The Balaban J connectivity index is 1.60. The van der Waals surface area contributed by atoms with Gasteiger partial charge in [-0.15, -0.1) is 16.4 Å². The molecular formula is C17H18N4O5S. The highest BCUT2D eigenvalue weighted by Gasteiger charge is 2.62. The molecule has 0 bridgehead atoms. The first kappa shape index (κ1) is 16.9. The van der Waals surface area contributed by atoms with Gasteiger partial charge in [-0.1, -0.05) is 6.07 Å². The smallest absolute Gasteiger partial charge is 0.276 e. The van der Waals surface area contributed by atoms with Gasteiger partial charge in [-0.3, -0.25) is 9.78 Å². The van der Waals surface area contributed by atoms with Crippen molar-refractivity contribution in [2.75, 3.05) is 12.3 Å². The molecule has 5 atom stereocenters. The van der Waals surface area contributed by atoms with E-state index in [0.717, 1.165) is 4.88 Å². The quantitative estimate of drug-likeness (QED) is 0.609. The average molecular weight is 390 g/mol. The highest BCUT2D eigenvalue weighted by atomic mass is 32.1. The van der Waals surface area contributed by atoms with Gasteiger partial charge in [0.2, 0.25) is 5.95 Å². The molecule has 0 spiro atoms. The molecule has 3 aromatic heterocycles.